The van der Waals surface area contributed by atoms with Crippen LogP contribution in [0.1, 0.15) is 26.7 Å². The fraction of sp³-hybridized carbons (Fsp3) is 0.188. The van der Waals surface area contributed by atoms with Crippen molar-refractivity contribution in [3.8, 4) is 0 Å². The number of hydrogen-bond acceptors (Lipinski definition) is 3. The second kappa shape index (κ2) is 6.12. The van der Waals surface area contributed by atoms with E-state index in [1.54, 1.807) is 4.90 Å². The lowest BCUT2D eigenvalue weighted by atomic mass is 10.1. The molecule has 0 bridgehead atoms. The van der Waals surface area contributed by atoms with E-state index in [-0.39, 0.29) is 29.4 Å². The molecule has 1 aromatic carbocycles. The van der Waals surface area contributed by atoms with Gasteiger partial charge in [-0.15, -0.1) is 0 Å². The average Bonchev–Trinajstić information content (AvgIpc) is 3.22. The second-order valence-corrected chi connectivity index (χ2v) is 5.14. The van der Waals surface area contributed by atoms with E-state index in [1.165, 1.54) is 18.3 Å². The number of benzene rings is 1. The average molecular weight is 317 g/mol. The number of hydrogen-bond donors (Lipinski definition) is 1. The van der Waals surface area contributed by atoms with E-state index >= 15 is 0 Å². The van der Waals surface area contributed by atoms with Crippen LogP contribution in [-0.2, 0) is 6.42 Å². The summed E-state index contributed by atoms with van der Waals surface area (Å²) in [5.41, 5.74) is 0.0467. The van der Waals surface area contributed by atoms with Crippen molar-refractivity contribution in [1.29, 1.82) is 0 Å². The van der Waals surface area contributed by atoms with Crippen LogP contribution in [0.4, 0.5) is 8.78 Å². The zero-order chi connectivity index (χ0) is 16.4. The molecule has 1 amide bonds. The first kappa shape index (κ1) is 15.1. The van der Waals surface area contributed by atoms with Gasteiger partial charge in [-0.2, -0.15) is 0 Å². The number of nitrogens with zero attached hydrogens (tertiary/aromatic N) is 2. The minimum Gasteiger partial charge on any atom is -0.331 e. The van der Waals surface area contributed by atoms with Gasteiger partial charge in [-0.1, -0.05) is 24.3 Å². The molecule has 0 unspecified atom stereocenters. The molecule has 5 nitrogen and oxygen atoms in total. The van der Waals surface area contributed by atoms with Crippen LogP contribution in [0.15, 0.2) is 36.5 Å². The van der Waals surface area contributed by atoms with Gasteiger partial charge in [0.05, 0.1) is 6.20 Å². The van der Waals surface area contributed by atoms with Gasteiger partial charge in [-0.05, 0) is 11.6 Å². The number of carbonyl (C=O) groups excluding carboxylic acids is 2. The van der Waals surface area contributed by atoms with Crippen LogP contribution < -0.4 is 0 Å². The zero-order valence-corrected chi connectivity index (χ0v) is 12.1. The van der Waals surface area contributed by atoms with Gasteiger partial charge in [0.1, 0.15) is 5.69 Å². The van der Waals surface area contributed by atoms with Crippen LogP contribution in [-0.4, -0.2) is 39.6 Å². The Bertz CT molecular complexity index is 790. The number of H-pyrrole nitrogens is 1. The molecule has 0 saturated heterocycles. The minimum atomic E-state index is -1.04. The quantitative estimate of drug-likeness (QED) is 0.694. The van der Waals surface area contributed by atoms with Crippen molar-refractivity contribution >= 4 is 11.7 Å². The normalized spacial score (nSPS) is 13.6. The minimum absolute atomic E-state index is 0.0405. The van der Waals surface area contributed by atoms with Gasteiger partial charge in [0.25, 0.3) is 5.91 Å². The summed E-state index contributed by atoms with van der Waals surface area (Å²) in [6.45, 7) is 0.995. The van der Waals surface area contributed by atoms with Crippen LogP contribution in [0.25, 0.3) is 0 Å². The van der Waals surface area contributed by atoms with E-state index in [9.17, 15) is 18.4 Å². The Labute approximate surface area is 130 Å². The Morgan fingerprint density at radius 2 is 1.96 bits per heavy atom. The number of nitrogens with one attached hydrogen (secondary N) is 1. The second-order valence-electron chi connectivity index (χ2n) is 5.14. The van der Waals surface area contributed by atoms with Crippen molar-refractivity contribution < 1.29 is 18.4 Å². The molecule has 1 aromatic heterocycles. The maximum atomic E-state index is 13.6. The summed E-state index contributed by atoms with van der Waals surface area (Å²) in [4.78, 5) is 32.4. The highest BCUT2D eigenvalue weighted by Crippen LogP contribution is 2.14. The standard InChI is InChI=1S/C16H13F2N3O2/c17-11-5-3-4-10(14(11)18)8-13(22)12-9-19-15(20-12)16(23)21-6-1-2-7-21/h1-5,9H,6-8H2,(H,19,20). The topological polar surface area (TPSA) is 66.1 Å². The third-order valence-electron chi connectivity index (χ3n) is 3.57. The number of halogens is 2. The number of imidazole rings is 1. The maximum Gasteiger partial charge on any atom is 0.290 e. The molecule has 0 atom stereocenters. The van der Waals surface area contributed by atoms with E-state index in [0.717, 1.165) is 6.07 Å². The smallest absolute Gasteiger partial charge is 0.290 e. The number of amides is 1. The molecule has 0 radical (unpaired) electrons. The molecule has 23 heavy (non-hydrogen) atoms. The molecule has 118 valence electrons. The van der Waals surface area contributed by atoms with Gasteiger partial charge >= 0.3 is 0 Å². The highest BCUT2D eigenvalue weighted by molar-refractivity contribution is 5.98. The van der Waals surface area contributed by atoms with Crippen molar-refractivity contribution in [2.45, 2.75) is 6.42 Å². The molecule has 2 heterocycles. The van der Waals surface area contributed by atoms with E-state index < -0.39 is 17.4 Å². The number of ketones is 1. The van der Waals surface area contributed by atoms with Crippen molar-refractivity contribution in [2.75, 3.05) is 13.1 Å². The number of carbonyl (C=O) groups is 2. The summed E-state index contributed by atoms with van der Waals surface area (Å²) in [6.07, 6.45) is 4.64. The van der Waals surface area contributed by atoms with Crippen LogP contribution in [0.2, 0.25) is 0 Å². The number of aromatic amines is 1. The summed E-state index contributed by atoms with van der Waals surface area (Å²) in [6, 6.07) is 3.67. The summed E-state index contributed by atoms with van der Waals surface area (Å²) in [5.74, 6) is -2.78. The molecule has 1 aliphatic heterocycles. The first-order valence-corrected chi connectivity index (χ1v) is 7.01. The van der Waals surface area contributed by atoms with Gasteiger partial charge < -0.3 is 9.88 Å². The van der Waals surface area contributed by atoms with Crippen molar-refractivity contribution in [3.63, 3.8) is 0 Å². The summed E-state index contributed by atoms with van der Waals surface area (Å²) in [7, 11) is 0. The van der Waals surface area contributed by atoms with Crippen LogP contribution in [0.3, 0.4) is 0 Å². The first-order chi connectivity index (χ1) is 11.1. The number of aromatic nitrogens is 2. The van der Waals surface area contributed by atoms with E-state index in [4.69, 9.17) is 0 Å². The number of rotatable bonds is 4. The van der Waals surface area contributed by atoms with Gasteiger partial charge in [0.2, 0.25) is 0 Å². The van der Waals surface area contributed by atoms with Crippen molar-refractivity contribution in [1.82, 2.24) is 14.9 Å². The molecule has 1 aliphatic rings. The predicted molar refractivity (Wildman–Crippen MR) is 78.0 cm³/mol. The molecule has 0 aliphatic carbocycles. The molecule has 7 heteroatoms. The monoisotopic (exact) mass is 317 g/mol. The van der Waals surface area contributed by atoms with Crippen molar-refractivity contribution in [3.05, 3.63) is 65.3 Å². The molecular formula is C16H13F2N3O2. The van der Waals surface area contributed by atoms with Gasteiger partial charge in [0, 0.05) is 19.5 Å². The summed E-state index contributed by atoms with van der Waals surface area (Å²) >= 11 is 0. The predicted octanol–water partition coefficient (Wildman–Crippen LogP) is 2.13. The molecule has 0 spiro atoms. The Morgan fingerprint density at radius 3 is 2.70 bits per heavy atom. The maximum absolute atomic E-state index is 13.6. The highest BCUT2D eigenvalue weighted by atomic mass is 19.2. The van der Waals surface area contributed by atoms with E-state index in [2.05, 4.69) is 9.97 Å². The molecule has 2 aromatic rings. The lowest BCUT2D eigenvalue weighted by molar-refractivity contribution is 0.0789. The Balaban J connectivity index is 1.73. The molecular weight excluding hydrogens is 304 g/mol. The van der Waals surface area contributed by atoms with Crippen LogP contribution in [0, 0.1) is 11.6 Å². The van der Waals surface area contributed by atoms with Gasteiger partial charge in [-0.3, -0.25) is 9.59 Å². The summed E-state index contributed by atoms with van der Waals surface area (Å²) < 4.78 is 26.7. The fourth-order valence-corrected chi connectivity index (χ4v) is 2.32. The van der Waals surface area contributed by atoms with Crippen molar-refractivity contribution in [2.24, 2.45) is 0 Å². The largest absolute Gasteiger partial charge is 0.331 e. The Morgan fingerprint density at radius 1 is 1.22 bits per heavy atom. The van der Waals surface area contributed by atoms with Gasteiger partial charge in [-0.25, -0.2) is 13.8 Å². The molecule has 0 fully saturated rings. The lowest BCUT2D eigenvalue weighted by Gasteiger charge is -2.12. The Kier molecular flexibility index (Phi) is 4.01. The SMILES string of the molecule is O=C(Cc1cccc(F)c1F)c1cnc(C(=O)N2CC=CC2)[nH]1. The van der Waals surface area contributed by atoms with E-state index in [1.807, 2.05) is 12.2 Å². The molecule has 0 saturated carbocycles. The number of Topliss-reactive ketones (excluding diaryl/α,β-unsaturated/α-hetero) is 1. The third kappa shape index (κ3) is 3.03. The third-order valence-corrected chi connectivity index (χ3v) is 3.57. The van der Waals surface area contributed by atoms with E-state index in [0.29, 0.717) is 13.1 Å². The Hall–Kier alpha value is -2.83. The van der Waals surface area contributed by atoms with Gasteiger partial charge in [0.15, 0.2) is 23.2 Å². The zero-order valence-electron chi connectivity index (χ0n) is 12.1. The molecule has 3 rings (SSSR count). The highest BCUT2D eigenvalue weighted by Gasteiger charge is 2.21. The molecule has 1 N–H and O–H groups in total. The summed E-state index contributed by atoms with van der Waals surface area (Å²) in [5, 5.41) is 0. The van der Waals surface area contributed by atoms with Crippen LogP contribution in [0.5, 0.6) is 0 Å². The lowest BCUT2D eigenvalue weighted by Crippen LogP contribution is -2.29. The fourth-order valence-electron chi connectivity index (χ4n) is 2.32. The van der Waals surface area contributed by atoms with Crippen LogP contribution >= 0.6 is 0 Å². The first-order valence-electron chi connectivity index (χ1n) is 7.01.